The lowest BCUT2D eigenvalue weighted by Crippen LogP contribution is -2.60. The molecule has 2 heterocycles. The van der Waals surface area contributed by atoms with Gasteiger partial charge in [-0.1, -0.05) is 34.9 Å². The number of amides is 4. The molecule has 2 aliphatic heterocycles. The maximum Gasteiger partial charge on any atom is 0.258 e. The third kappa shape index (κ3) is 4.12. The number of hydrogen-bond acceptors (Lipinski definition) is 5. The zero-order chi connectivity index (χ0) is 34.8. The molecule has 3 aromatic rings. The number of hydrogen-bond donors (Lipinski definition) is 1. The molecular formula is C32H17Cl4F5N2O5. The van der Waals surface area contributed by atoms with Gasteiger partial charge in [-0.2, -0.15) is 0 Å². The van der Waals surface area contributed by atoms with Gasteiger partial charge < -0.3 is 5.11 Å². The van der Waals surface area contributed by atoms with E-state index in [9.17, 15) is 37.5 Å². The SMILES string of the molecule is O=C1[C@H]2[C@H](CC=C3[C@H]2C[C@@]2(Cl)C(=O)N(c4c(F)c(F)c(F)c(F)c4F)C(=O)[C@@]2(Cl)[C@H]3c2cc(Cl)ccc2O)C(=O)N1c1ccc(Cl)cc1. The van der Waals surface area contributed by atoms with Crippen LogP contribution in [-0.4, -0.2) is 38.5 Å². The molecule has 0 radical (unpaired) electrons. The largest absolute Gasteiger partial charge is 0.508 e. The number of rotatable bonds is 3. The van der Waals surface area contributed by atoms with E-state index in [1.807, 2.05) is 0 Å². The first-order chi connectivity index (χ1) is 22.6. The molecule has 48 heavy (non-hydrogen) atoms. The Bertz CT molecular complexity index is 2020. The Morgan fingerprint density at radius 2 is 1.31 bits per heavy atom. The quantitative estimate of drug-likeness (QED) is 0.0767. The lowest BCUT2D eigenvalue weighted by atomic mass is 9.56. The number of nitrogens with zero attached hydrogens (tertiary/aromatic N) is 2. The Balaban J connectivity index is 1.44. The molecule has 1 saturated carbocycles. The number of anilines is 2. The Morgan fingerprint density at radius 3 is 1.94 bits per heavy atom. The van der Waals surface area contributed by atoms with Crippen LogP contribution in [0, 0.1) is 46.8 Å². The molecule has 3 fully saturated rings. The maximum atomic E-state index is 15.1. The topological polar surface area (TPSA) is 95.0 Å². The van der Waals surface area contributed by atoms with Crippen LogP contribution < -0.4 is 9.80 Å². The number of carbonyl (C=O) groups is 4. The number of phenolic OH excluding ortho intramolecular Hbond substituents is 1. The molecular weight excluding hydrogens is 729 g/mol. The fourth-order valence-electron chi connectivity index (χ4n) is 7.51. The molecule has 7 rings (SSSR count). The van der Waals surface area contributed by atoms with E-state index in [1.165, 1.54) is 42.5 Å². The van der Waals surface area contributed by atoms with Crippen molar-refractivity contribution in [2.24, 2.45) is 17.8 Å². The summed E-state index contributed by atoms with van der Waals surface area (Å²) in [5, 5.41) is 11.4. The predicted molar refractivity (Wildman–Crippen MR) is 163 cm³/mol. The van der Waals surface area contributed by atoms with E-state index in [0.29, 0.717) is 5.02 Å². The van der Waals surface area contributed by atoms with Crippen molar-refractivity contribution in [1.29, 1.82) is 0 Å². The third-order valence-electron chi connectivity index (χ3n) is 9.61. The molecule has 0 bridgehead atoms. The molecule has 0 aromatic heterocycles. The van der Waals surface area contributed by atoms with Gasteiger partial charge in [0, 0.05) is 21.5 Å². The third-order valence-corrected chi connectivity index (χ3v) is 11.5. The number of fused-ring (bicyclic) bond motifs is 4. The van der Waals surface area contributed by atoms with Crippen LogP contribution >= 0.6 is 46.4 Å². The summed E-state index contributed by atoms with van der Waals surface area (Å²) in [6.45, 7) is 0. The molecule has 0 spiro atoms. The minimum absolute atomic E-state index is 0.00840. The van der Waals surface area contributed by atoms with Crippen molar-refractivity contribution in [1.82, 2.24) is 0 Å². The van der Waals surface area contributed by atoms with Crippen molar-refractivity contribution in [3.05, 3.63) is 98.8 Å². The van der Waals surface area contributed by atoms with Crippen LogP contribution in [-0.2, 0) is 19.2 Å². The molecule has 4 aliphatic rings. The van der Waals surface area contributed by atoms with Gasteiger partial charge in [-0.3, -0.25) is 24.1 Å². The van der Waals surface area contributed by atoms with Gasteiger partial charge in [0.2, 0.25) is 17.6 Å². The van der Waals surface area contributed by atoms with E-state index in [0.717, 1.165) is 11.0 Å². The second-order valence-corrected chi connectivity index (χ2v) is 14.0. The molecule has 2 aliphatic carbocycles. The minimum atomic E-state index is -2.79. The van der Waals surface area contributed by atoms with Gasteiger partial charge in [0.25, 0.3) is 11.8 Å². The van der Waals surface area contributed by atoms with Crippen molar-refractivity contribution >= 4 is 81.4 Å². The van der Waals surface area contributed by atoms with Gasteiger partial charge in [-0.15, -0.1) is 23.2 Å². The number of benzene rings is 3. The normalized spacial score (nSPS) is 29.6. The highest BCUT2D eigenvalue weighted by atomic mass is 35.5. The first-order valence-corrected chi connectivity index (χ1v) is 15.7. The number of halogens is 9. The fourth-order valence-corrected chi connectivity index (χ4v) is 8.75. The molecule has 16 heteroatoms. The van der Waals surface area contributed by atoms with E-state index in [4.69, 9.17) is 46.4 Å². The number of phenols is 1. The van der Waals surface area contributed by atoms with Crippen LogP contribution in [0.15, 0.2) is 54.1 Å². The van der Waals surface area contributed by atoms with Crippen molar-refractivity contribution in [3.63, 3.8) is 0 Å². The van der Waals surface area contributed by atoms with Gasteiger partial charge in [0.05, 0.1) is 17.5 Å². The summed E-state index contributed by atoms with van der Waals surface area (Å²) < 4.78 is 73.0. The molecule has 0 unspecified atom stereocenters. The standard InChI is InChI=1S/C32H17Cl4F5N2O5/c33-11-1-4-13(5-2-11)42-27(45)15-7-6-14-17(19(15)28(42)46)10-31(35)29(47)43(26-24(40)22(38)21(37)23(39)25(26)41)30(48)32(31,36)20(14)16-9-12(34)3-8-18(16)44/h1-6,8-9,15,17,19-20,44H,7,10H2/t15-,17+,19-,20+,31+,32-/m0/s1. The zero-order valence-corrected chi connectivity index (χ0v) is 26.7. The molecule has 3 aromatic carbocycles. The maximum absolute atomic E-state index is 15.1. The average molecular weight is 746 g/mol. The summed E-state index contributed by atoms with van der Waals surface area (Å²) in [4.78, 5) is 51.3. The Labute approximate surface area is 287 Å². The Hall–Kier alpha value is -3.71. The van der Waals surface area contributed by atoms with Crippen molar-refractivity contribution < 1.29 is 46.2 Å². The van der Waals surface area contributed by atoms with Crippen molar-refractivity contribution in [2.75, 3.05) is 9.80 Å². The average Bonchev–Trinajstić information content (AvgIpc) is 3.39. The van der Waals surface area contributed by atoms with Gasteiger partial charge in [0.1, 0.15) is 11.4 Å². The Morgan fingerprint density at radius 1 is 0.729 bits per heavy atom. The van der Waals surface area contributed by atoms with E-state index >= 15 is 8.78 Å². The molecule has 2 saturated heterocycles. The van der Waals surface area contributed by atoms with Crippen LogP contribution in [0.25, 0.3) is 0 Å². The van der Waals surface area contributed by atoms with Crippen LogP contribution in [0.2, 0.25) is 10.0 Å². The number of allylic oxidation sites excluding steroid dienone is 2. The fraction of sp³-hybridized carbons (Fsp3) is 0.250. The highest BCUT2D eigenvalue weighted by Gasteiger charge is 2.77. The van der Waals surface area contributed by atoms with Crippen LogP contribution in [0.5, 0.6) is 5.75 Å². The number of alkyl halides is 2. The minimum Gasteiger partial charge on any atom is -0.508 e. The summed E-state index contributed by atoms with van der Waals surface area (Å²) in [6, 6.07) is 9.45. The van der Waals surface area contributed by atoms with E-state index in [1.54, 1.807) is 0 Å². The summed E-state index contributed by atoms with van der Waals surface area (Å²) >= 11 is 26.3. The van der Waals surface area contributed by atoms with E-state index in [-0.39, 0.29) is 33.2 Å². The first-order valence-electron chi connectivity index (χ1n) is 14.2. The smallest absolute Gasteiger partial charge is 0.258 e. The van der Waals surface area contributed by atoms with Crippen LogP contribution in [0.3, 0.4) is 0 Å². The predicted octanol–water partition coefficient (Wildman–Crippen LogP) is 7.16. The highest BCUT2D eigenvalue weighted by Crippen LogP contribution is 2.67. The summed E-state index contributed by atoms with van der Waals surface area (Å²) in [5.41, 5.74) is -1.73. The van der Waals surface area contributed by atoms with Crippen LogP contribution in [0.4, 0.5) is 33.3 Å². The van der Waals surface area contributed by atoms with Gasteiger partial charge in [-0.25, -0.2) is 26.9 Å². The number of imide groups is 2. The monoisotopic (exact) mass is 744 g/mol. The lowest BCUT2D eigenvalue weighted by Gasteiger charge is -2.50. The second kappa shape index (κ2) is 10.9. The van der Waals surface area contributed by atoms with Gasteiger partial charge in [0.15, 0.2) is 33.0 Å². The molecule has 248 valence electrons. The number of carbonyl (C=O) groups excluding carboxylic acids is 4. The summed E-state index contributed by atoms with van der Waals surface area (Å²) in [7, 11) is 0. The van der Waals surface area contributed by atoms with E-state index in [2.05, 4.69) is 0 Å². The van der Waals surface area contributed by atoms with Gasteiger partial charge in [-0.05, 0) is 61.2 Å². The summed E-state index contributed by atoms with van der Waals surface area (Å²) in [6.07, 6.45) is 0.744. The number of aromatic hydroxyl groups is 1. The Kier molecular flexibility index (Phi) is 7.45. The molecule has 7 nitrogen and oxygen atoms in total. The molecule has 6 atom stereocenters. The molecule has 4 amide bonds. The summed E-state index contributed by atoms with van der Waals surface area (Å²) in [5.74, 6) is -22.5. The van der Waals surface area contributed by atoms with E-state index < -0.39 is 104 Å². The van der Waals surface area contributed by atoms with Gasteiger partial charge >= 0.3 is 0 Å². The highest BCUT2D eigenvalue weighted by molar-refractivity contribution is 6.58. The first kappa shape index (κ1) is 32.8. The lowest BCUT2D eigenvalue weighted by molar-refractivity contribution is -0.125. The van der Waals surface area contributed by atoms with Crippen molar-refractivity contribution in [3.8, 4) is 5.75 Å². The second-order valence-electron chi connectivity index (χ2n) is 11.9. The molecule has 1 N–H and O–H groups in total. The van der Waals surface area contributed by atoms with Crippen molar-refractivity contribution in [2.45, 2.75) is 28.5 Å². The van der Waals surface area contributed by atoms with Crippen LogP contribution in [0.1, 0.15) is 24.3 Å². The zero-order valence-electron chi connectivity index (χ0n) is 23.7.